The Labute approximate surface area is 158 Å². The maximum absolute atomic E-state index is 13.5. The van der Waals surface area contributed by atoms with Gasteiger partial charge in [-0.05, 0) is 63.8 Å². The third-order valence-corrected chi connectivity index (χ3v) is 5.09. The highest BCUT2D eigenvalue weighted by atomic mass is 19.1. The van der Waals surface area contributed by atoms with E-state index in [1.165, 1.54) is 6.07 Å². The Morgan fingerprint density at radius 1 is 1.22 bits per heavy atom. The van der Waals surface area contributed by atoms with Crippen LogP contribution in [0, 0.1) is 5.82 Å². The molecule has 0 unspecified atom stereocenters. The summed E-state index contributed by atoms with van der Waals surface area (Å²) >= 11 is 0. The molecule has 1 saturated heterocycles. The van der Waals surface area contributed by atoms with Crippen LogP contribution in [0.4, 0.5) is 9.18 Å². The predicted octanol–water partition coefficient (Wildman–Crippen LogP) is 3.62. The molecule has 0 spiro atoms. The van der Waals surface area contributed by atoms with Crippen LogP contribution in [0.3, 0.4) is 0 Å². The molecule has 0 N–H and O–H groups in total. The van der Waals surface area contributed by atoms with Crippen LogP contribution < -0.4 is 0 Å². The number of aryl methyl sites for hydroxylation is 2. The van der Waals surface area contributed by atoms with Gasteiger partial charge in [0, 0.05) is 25.4 Å². The summed E-state index contributed by atoms with van der Waals surface area (Å²) in [6.45, 7) is 6.92. The number of nitrogens with zero attached hydrogens (tertiary/aromatic N) is 4. The van der Waals surface area contributed by atoms with E-state index in [-0.39, 0.29) is 17.8 Å². The van der Waals surface area contributed by atoms with Crippen molar-refractivity contribution < 1.29 is 13.9 Å². The average Bonchev–Trinajstić information content (AvgIpc) is 3.04. The Morgan fingerprint density at radius 3 is 2.67 bits per heavy atom. The molecule has 6 nitrogen and oxygen atoms in total. The normalized spacial score (nSPS) is 17.4. The van der Waals surface area contributed by atoms with Crippen molar-refractivity contribution in [1.82, 2.24) is 19.7 Å². The van der Waals surface area contributed by atoms with Gasteiger partial charge in [0.2, 0.25) is 0 Å². The summed E-state index contributed by atoms with van der Waals surface area (Å²) in [6, 6.07) is 4.82. The Kier molecular flexibility index (Phi) is 4.40. The van der Waals surface area contributed by atoms with Gasteiger partial charge in [-0.3, -0.25) is 0 Å². The van der Waals surface area contributed by atoms with E-state index in [1.807, 2.05) is 25.5 Å². The molecule has 3 heterocycles. The highest BCUT2D eigenvalue weighted by Crippen LogP contribution is 2.30. The summed E-state index contributed by atoms with van der Waals surface area (Å²) in [5, 5.41) is 4.72. The molecule has 27 heavy (non-hydrogen) atoms. The minimum atomic E-state index is -0.481. The molecule has 2 aliphatic rings. The minimum Gasteiger partial charge on any atom is -0.444 e. The molecule has 1 fully saturated rings. The Balaban J connectivity index is 1.46. The molecule has 0 saturated carbocycles. The molecule has 4 rings (SSSR count). The monoisotopic (exact) mass is 372 g/mol. The third kappa shape index (κ3) is 3.68. The van der Waals surface area contributed by atoms with E-state index in [0.29, 0.717) is 13.1 Å². The van der Waals surface area contributed by atoms with Gasteiger partial charge in [-0.15, -0.1) is 0 Å². The molecular formula is C20H25FN4O2. The zero-order valence-electron chi connectivity index (χ0n) is 16.0. The first-order valence-corrected chi connectivity index (χ1v) is 9.53. The van der Waals surface area contributed by atoms with Crippen molar-refractivity contribution in [3.63, 3.8) is 0 Å². The van der Waals surface area contributed by atoms with Gasteiger partial charge in [0.25, 0.3) is 0 Å². The predicted molar refractivity (Wildman–Crippen MR) is 98.5 cm³/mol. The van der Waals surface area contributed by atoms with Crippen molar-refractivity contribution in [3.8, 4) is 5.69 Å². The lowest BCUT2D eigenvalue weighted by atomic mass is 9.96. The molecule has 1 aromatic carbocycles. The molecule has 2 aromatic rings. The van der Waals surface area contributed by atoms with Crippen molar-refractivity contribution in [3.05, 3.63) is 41.2 Å². The largest absolute Gasteiger partial charge is 0.444 e. The molecule has 1 aromatic heterocycles. The maximum Gasteiger partial charge on any atom is 0.410 e. The van der Waals surface area contributed by atoms with E-state index in [2.05, 4.69) is 0 Å². The topological polar surface area (TPSA) is 60.2 Å². The van der Waals surface area contributed by atoms with Crippen molar-refractivity contribution >= 4 is 6.09 Å². The van der Waals surface area contributed by atoms with Gasteiger partial charge in [-0.1, -0.05) is 0 Å². The molecule has 7 heteroatoms. The second kappa shape index (κ2) is 6.62. The van der Waals surface area contributed by atoms with E-state index in [1.54, 1.807) is 17.0 Å². The fourth-order valence-electron chi connectivity index (χ4n) is 3.74. The first-order chi connectivity index (χ1) is 12.8. The number of piperidine rings is 1. The van der Waals surface area contributed by atoms with Gasteiger partial charge in [-0.2, -0.15) is 5.10 Å². The quantitative estimate of drug-likeness (QED) is 0.767. The SMILES string of the molecule is CC(C)(C)OC(=O)N1CCC(c2nc3n(n2)-c2ccc(F)cc2CC3)CC1. The number of benzene rings is 1. The zero-order valence-corrected chi connectivity index (χ0v) is 16.0. The van der Waals surface area contributed by atoms with Crippen LogP contribution in [-0.2, 0) is 17.6 Å². The van der Waals surface area contributed by atoms with Crippen LogP contribution in [0.15, 0.2) is 18.2 Å². The molecule has 2 aliphatic heterocycles. The highest BCUT2D eigenvalue weighted by molar-refractivity contribution is 5.68. The highest BCUT2D eigenvalue weighted by Gasteiger charge is 2.30. The summed E-state index contributed by atoms with van der Waals surface area (Å²) in [4.78, 5) is 18.7. The van der Waals surface area contributed by atoms with Gasteiger partial charge in [0.15, 0.2) is 5.82 Å². The number of rotatable bonds is 1. The van der Waals surface area contributed by atoms with Crippen LogP contribution in [-0.4, -0.2) is 44.4 Å². The van der Waals surface area contributed by atoms with Crippen molar-refractivity contribution in [2.24, 2.45) is 0 Å². The summed E-state index contributed by atoms with van der Waals surface area (Å²) < 4.78 is 20.8. The molecule has 1 amide bonds. The number of carbonyl (C=O) groups is 1. The van der Waals surface area contributed by atoms with Gasteiger partial charge >= 0.3 is 6.09 Å². The summed E-state index contributed by atoms with van der Waals surface area (Å²) in [6.07, 6.45) is 2.93. The van der Waals surface area contributed by atoms with Crippen molar-refractivity contribution in [1.29, 1.82) is 0 Å². The van der Waals surface area contributed by atoms with Gasteiger partial charge in [0.1, 0.15) is 17.2 Å². The van der Waals surface area contributed by atoms with Crippen LogP contribution in [0.1, 0.15) is 56.7 Å². The molecule has 0 bridgehead atoms. The summed E-state index contributed by atoms with van der Waals surface area (Å²) in [7, 11) is 0. The molecule has 0 aliphatic carbocycles. The lowest BCUT2D eigenvalue weighted by Crippen LogP contribution is -2.41. The number of ether oxygens (including phenoxy) is 1. The lowest BCUT2D eigenvalue weighted by Gasteiger charge is -2.32. The lowest BCUT2D eigenvalue weighted by molar-refractivity contribution is 0.0203. The van der Waals surface area contributed by atoms with Crippen molar-refractivity contribution in [2.45, 2.75) is 58.0 Å². The number of aromatic nitrogens is 3. The van der Waals surface area contributed by atoms with Crippen LogP contribution in [0.5, 0.6) is 0 Å². The number of amides is 1. The van der Waals surface area contributed by atoms with Crippen LogP contribution in [0.2, 0.25) is 0 Å². The van der Waals surface area contributed by atoms with E-state index in [0.717, 1.165) is 48.6 Å². The molecule has 0 radical (unpaired) electrons. The Bertz CT molecular complexity index is 863. The van der Waals surface area contributed by atoms with E-state index in [9.17, 15) is 9.18 Å². The third-order valence-electron chi connectivity index (χ3n) is 5.09. The van der Waals surface area contributed by atoms with E-state index in [4.69, 9.17) is 14.8 Å². The van der Waals surface area contributed by atoms with Crippen LogP contribution in [0.25, 0.3) is 5.69 Å². The van der Waals surface area contributed by atoms with Gasteiger partial charge in [0.05, 0.1) is 5.69 Å². The second-order valence-electron chi connectivity index (χ2n) is 8.31. The summed E-state index contributed by atoms with van der Waals surface area (Å²) in [5.74, 6) is 1.77. The molecule has 0 atom stereocenters. The molecule has 144 valence electrons. The zero-order chi connectivity index (χ0) is 19.2. The minimum absolute atomic E-state index is 0.216. The fourth-order valence-corrected chi connectivity index (χ4v) is 3.74. The number of likely N-dealkylation sites (tertiary alicyclic amines) is 1. The number of halogens is 1. The van der Waals surface area contributed by atoms with Crippen LogP contribution >= 0.6 is 0 Å². The second-order valence-corrected chi connectivity index (χ2v) is 8.31. The van der Waals surface area contributed by atoms with E-state index < -0.39 is 5.60 Å². The smallest absolute Gasteiger partial charge is 0.410 e. The summed E-state index contributed by atoms with van der Waals surface area (Å²) in [5.41, 5.74) is 1.41. The number of carbonyl (C=O) groups excluding carboxylic acids is 1. The first-order valence-electron chi connectivity index (χ1n) is 9.53. The number of fused-ring (bicyclic) bond motifs is 3. The number of hydrogen-bond donors (Lipinski definition) is 0. The maximum atomic E-state index is 13.5. The van der Waals surface area contributed by atoms with E-state index >= 15 is 0 Å². The Hall–Kier alpha value is -2.44. The number of hydrogen-bond acceptors (Lipinski definition) is 4. The van der Waals surface area contributed by atoms with Crippen molar-refractivity contribution in [2.75, 3.05) is 13.1 Å². The Morgan fingerprint density at radius 2 is 1.96 bits per heavy atom. The van der Waals surface area contributed by atoms with Gasteiger partial charge < -0.3 is 9.64 Å². The standard InChI is InChI=1S/C20H25FN4O2/c1-20(2,3)27-19(26)24-10-8-13(9-11-24)18-22-17-7-4-14-12-15(21)5-6-16(14)25(17)23-18/h5-6,12-13H,4,7-11H2,1-3H3. The average molecular weight is 372 g/mol. The van der Waals surface area contributed by atoms with Gasteiger partial charge in [-0.25, -0.2) is 18.9 Å². The fraction of sp³-hybridized carbons (Fsp3) is 0.550. The molecular weight excluding hydrogens is 347 g/mol. The first kappa shape index (κ1) is 17.9.